The lowest BCUT2D eigenvalue weighted by atomic mass is 10.2. The van der Waals surface area contributed by atoms with Crippen molar-refractivity contribution in [1.82, 2.24) is 4.98 Å². The van der Waals surface area contributed by atoms with Gasteiger partial charge in [-0.1, -0.05) is 29.8 Å². The van der Waals surface area contributed by atoms with Crippen LogP contribution in [0, 0.1) is 0 Å². The van der Waals surface area contributed by atoms with Gasteiger partial charge in [-0.15, -0.1) is 0 Å². The van der Waals surface area contributed by atoms with Crippen LogP contribution in [0.25, 0.3) is 0 Å². The molecule has 0 unspecified atom stereocenters. The lowest BCUT2D eigenvalue weighted by Crippen LogP contribution is -2.13. The zero-order chi connectivity index (χ0) is 17.9. The summed E-state index contributed by atoms with van der Waals surface area (Å²) in [5.74, 6) is -0.390. The molecule has 3 aromatic rings. The molecular weight excluding hydrogens is 360 g/mol. The molecule has 1 amide bonds. The van der Waals surface area contributed by atoms with Crippen molar-refractivity contribution in [2.45, 2.75) is 9.92 Å². The minimum absolute atomic E-state index is 0.109. The molecule has 2 aromatic carbocycles. The highest BCUT2D eigenvalue weighted by atomic mass is 35.5. The Morgan fingerprint density at radius 1 is 0.920 bits per heavy atom. The third-order valence-electron chi connectivity index (χ3n) is 3.43. The Morgan fingerprint density at radius 2 is 1.60 bits per heavy atom. The van der Waals surface area contributed by atoms with Crippen LogP contribution in [0.5, 0.6) is 0 Å². The fraction of sp³-hybridized carbons (Fsp3) is 0. The second-order valence-corrected chi connectivity index (χ2v) is 7.50. The summed E-state index contributed by atoms with van der Waals surface area (Å²) in [6.07, 6.45) is 1.24. The summed E-state index contributed by atoms with van der Waals surface area (Å²) in [5, 5.41) is 3.14. The molecule has 0 saturated carbocycles. The molecule has 0 spiro atoms. The van der Waals surface area contributed by atoms with E-state index >= 15 is 0 Å². The minimum atomic E-state index is -3.70. The molecule has 0 radical (unpaired) electrons. The zero-order valence-electron chi connectivity index (χ0n) is 12.9. The Labute approximate surface area is 150 Å². The highest BCUT2D eigenvalue weighted by Crippen LogP contribution is 2.19. The monoisotopic (exact) mass is 372 g/mol. The number of rotatable bonds is 4. The number of aromatic nitrogens is 1. The largest absolute Gasteiger partial charge is 0.322 e. The van der Waals surface area contributed by atoms with Crippen molar-refractivity contribution < 1.29 is 13.2 Å². The van der Waals surface area contributed by atoms with Gasteiger partial charge in [0.15, 0.2) is 5.03 Å². The number of hydrogen-bond donors (Lipinski definition) is 1. The first-order valence-electron chi connectivity index (χ1n) is 7.30. The third kappa shape index (κ3) is 3.87. The average Bonchev–Trinajstić information content (AvgIpc) is 2.64. The van der Waals surface area contributed by atoms with Gasteiger partial charge in [0.2, 0.25) is 9.84 Å². The molecule has 1 aromatic heterocycles. The van der Waals surface area contributed by atoms with Crippen molar-refractivity contribution in [3.8, 4) is 0 Å². The summed E-state index contributed by atoms with van der Waals surface area (Å²) < 4.78 is 24.9. The van der Waals surface area contributed by atoms with E-state index in [2.05, 4.69) is 10.3 Å². The number of nitrogens with one attached hydrogen (secondary N) is 1. The molecule has 0 fully saturated rings. The molecule has 5 nitrogen and oxygen atoms in total. The van der Waals surface area contributed by atoms with E-state index in [-0.39, 0.29) is 15.5 Å². The summed E-state index contributed by atoms with van der Waals surface area (Å²) in [7, 11) is -3.70. The van der Waals surface area contributed by atoms with Crippen LogP contribution in [0.4, 0.5) is 5.69 Å². The second kappa shape index (κ2) is 7.04. The summed E-state index contributed by atoms with van der Waals surface area (Å²) in [6.45, 7) is 0. The smallest absolute Gasteiger partial charge is 0.257 e. The quantitative estimate of drug-likeness (QED) is 0.755. The molecular formula is C18H13ClN2O3S. The van der Waals surface area contributed by atoms with Crippen LogP contribution in [0.3, 0.4) is 0 Å². The van der Waals surface area contributed by atoms with Crippen molar-refractivity contribution in [2.75, 3.05) is 5.32 Å². The number of benzene rings is 2. The Kier molecular flexibility index (Phi) is 4.83. The van der Waals surface area contributed by atoms with E-state index in [1.165, 1.54) is 30.5 Å². The van der Waals surface area contributed by atoms with Crippen molar-refractivity contribution in [3.63, 3.8) is 0 Å². The highest BCUT2D eigenvalue weighted by molar-refractivity contribution is 7.91. The predicted molar refractivity (Wildman–Crippen MR) is 95.5 cm³/mol. The van der Waals surface area contributed by atoms with Gasteiger partial charge < -0.3 is 5.32 Å². The van der Waals surface area contributed by atoms with Crippen LogP contribution in [0.15, 0.2) is 82.8 Å². The molecule has 0 saturated heterocycles. The number of carbonyl (C=O) groups excluding carboxylic acids is 1. The van der Waals surface area contributed by atoms with E-state index in [1.807, 2.05) is 0 Å². The van der Waals surface area contributed by atoms with Crippen molar-refractivity contribution >= 4 is 33.0 Å². The van der Waals surface area contributed by atoms with E-state index in [9.17, 15) is 13.2 Å². The number of sulfone groups is 1. The fourth-order valence-electron chi connectivity index (χ4n) is 2.13. The summed E-state index contributed by atoms with van der Waals surface area (Å²) in [6, 6.07) is 17.4. The Hall–Kier alpha value is -2.70. The van der Waals surface area contributed by atoms with Crippen LogP contribution in [0.1, 0.15) is 10.4 Å². The first-order chi connectivity index (χ1) is 12.0. The molecule has 25 heavy (non-hydrogen) atoms. The number of nitrogens with zero attached hydrogens (tertiary/aromatic N) is 1. The van der Waals surface area contributed by atoms with Gasteiger partial charge in [0.1, 0.15) is 0 Å². The first kappa shape index (κ1) is 17.1. The van der Waals surface area contributed by atoms with Gasteiger partial charge in [0.25, 0.3) is 5.91 Å². The standard InChI is InChI=1S/C18H13ClN2O3S/c19-14-7-9-15(10-8-14)21-18(22)13-6-11-17(20-12-13)25(23,24)16-4-2-1-3-5-16/h1-12H,(H,21,22). The Bertz CT molecular complexity index is 987. The summed E-state index contributed by atoms with van der Waals surface area (Å²) >= 11 is 5.80. The summed E-state index contributed by atoms with van der Waals surface area (Å²) in [5.41, 5.74) is 0.831. The molecule has 7 heteroatoms. The Morgan fingerprint density at radius 3 is 2.20 bits per heavy atom. The molecule has 0 bridgehead atoms. The van der Waals surface area contributed by atoms with Gasteiger partial charge in [-0.2, -0.15) is 0 Å². The van der Waals surface area contributed by atoms with Gasteiger partial charge >= 0.3 is 0 Å². The zero-order valence-corrected chi connectivity index (χ0v) is 14.5. The first-order valence-corrected chi connectivity index (χ1v) is 9.16. The van der Waals surface area contributed by atoms with Crippen LogP contribution in [0.2, 0.25) is 5.02 Å². The minimum Gasteiger partial charge on any atom is -0.322 e. The number of anilines is 1. The number of carbonyl (C=O) groups is 1. The van der Waals surface area contributed by atoms with E-state index < -0.39 is 15.7 Å². The van der Waals surface area contributed by atoms with Gasteiger partial charge in [-0.3, -0.25) is 4.79 Å². The topological polar surface area (TPSA) is 76.1 Å². The van der Waals surface area contributed by atoms with Gasteiger partial charge in [-0.25, -0.2) is 13.4 Å². The van der Waals surface area contributed by atoms with E-state index in [0.717, 1.165) is 0 Å². The molecule has 0 aliphatic carbocycles. The maximum absolute atomic E-state index is 12.5. The van der Waals surface area contributed by atoms with Gasteiger partial charge in [0, 0.05) is 16.9 Å². The maximum Gasteiger partial charge on any atom is 0.257 e. The highest BCUT2D eigenvalue weighted by Gasteiger charge is 2.19. The molecule has 126 valence electrons. The van der Waals surface area contributed by atoms with Crippen molar-refractivity contribution in [3.05, 3.63) is 83.5 Å². The predicted octanol–water partition coefficient (Wildman–Crippen LogP) is 3.82. The number of halogens is 1. The second-order valence-electron chi connectivity index (χ2n) is 5.16. The lowest BCUT2D eigenvalue weighted by molar-refractivity contribution is 0.102. The van der Waals surface area contributed by atoms with Crippen LogP contribution >= 0.6 is 11.6 Å². The lowest BCUT2D eigenvalue weighted by Gasteiger charge is -2.07. The average molecular weight is 373 g/mol. The number of pyridine rings is 1. The number of hydrogen-bond acceptors (Lipinski definition) is 4. The van der Waals surface area contributed by atoms with Crippen molar-refractivity contribution in [2.24, 2.45) is 0 Å². The van der Waals surface area contributed by atoms with Crippen LogP contribution in [-0.4, -0.2) is 19.3 Å². The van der Waals surface area contributed by atoms with E-state index in [4.69, 9.17) is 11.6 Å². The van der Waals surface area contributed by atoms with Gasteiger partial charge in [-0.05, 0) is 48.5 Å². The van der Waals surface area contributed by atoms with E-state index in [0.29, 0.717) is 10.7 Å². The molecule has 0 aliphatic rings. The molecule has 1 N–H and O–H groups in total. The SMILES string of the molecule is O=C(Nc1ccc(Cl)cc1)c1ccc(S(=O)(=O)c2ccccc2)nc1. The van der Waals surface area contributed by atoms with Gasteiger partial charge in [0.05, 0.1) is 10.5 Å². The van der Waals surface area contributed by atoms with Crippen LogP contribution < -0.4 is 5.32 Å². The molecule has 1 heterocycles. The number of amides is 1. The van der Waals surface area contributed by atoms with Crippen molar-refractivity contribution in [1.29, 1.82) is 0 Å². The third-order valence-corrected chi connectivity index (χ3v) is 5.37. The Balaban J connectivity index is 1.80. The molecule has 0 aliphatic heterocycles. The normalized spacial score (nSPS) is 11.1. The fourth-order valence-corrected chi connectivity index (χ4v) is 3.45. The van der Waals surface area contributed by atoms with E-state index in [1.54, 1.807) is 42.5 Å². The molecule has 0 atom stereocenters. The van der Waals surface area contributed by atoms with Crippen LogP contribution in [-0.2, 0) is 9.84 Å². The maximum atomic E-state index is 12.5. The molecule has 3 rings (SSSR count). The summed E-state index contributed by atoms with van der Waals surface area (Å²) in [4.78, 5) is 16.3.